The molecule has 112 valence electrons. The van der Waals surface area contributed by atoms with Gasteiger partial charge in [-0.25, -0.2) is 0 Å². The van der Waals surface area contributed by atoms with Gasteiger partial charge in [-0.05, 0) is 44.2 Å². The Bertz CT molecular complexity index is 588. The van der Waals surface area contributed by atoms with Crippen LogP contribution in [0.3, 0.4) is 0 Å². The predicted octanol–water partition coefficient (Wildman–Crippen LogP) is 2.55. The fourth-order valence-electron chi connectivity index (χ4n) is 3.14. The maximum absolute atomic E-state index is 4.23. The van der Waals surface area contributed by atoms with E-state index in [-0.39, 0.29) is 0 Å². The van der Waals surface area contributed by atoms with E-state index in [2.05, 4.69) is 58.2 Å². The highest BCUT2D eigenvalue weighted by molar-refractivity contribution is 5.30. The molecule has 4 heteroatoms. The second kappa shape index (κ2) is 6.39. The quantitative estimate of drug-likeness (QED) is 0.917. The number of hydrogen-bond acceptors (Lipinski definition) is 3. The number of fused-ring (bicyclic) bond motifs is 1. The van der Waals surface area contributed by atoms with Gasteiger partial charge < -0.3 is 9.88 Å². The Balaban J connectivity index is 1.52. The molecule has 3 rings (SSSR count). The Labute approximate surface area is 126 Å². The molecule has 0 fully saturated rings. The van der Waals surface area contributed by atoms with Gasteiger partial charge in [-0.3, -0.25) is 0 Å². The monoisotopic (exact) mass is 284 g/mol. The zero-order chi connectivity index (χ0) is 14.7. The minimum Gasteiger partial charge on any atom is -0.315 e. The number of aryl methyl sites for hydroxylation is 1. The normalized spacial score (nSPS) is 18.0. The molecule has 0 radical (unpaired) electrons. The average Bonchev–Trinajstić information content (AvgIpc) is 2.96. The first-order valence-electron chi connectivity index (χ1n) is 7.92. The number of benzene rings is 1. The highest BCUT2D eigenvalue weighted by Gasteiger charge is 2.17. The second-order valence-corrected chi connectivity index (χ2v) is 6.16. The topological polar surface area (TPSA) is 42.7 Å². The van der Waals surface area contributed by atoms with Crippen molar-refractivity contribution in [3.8, 4) is 0 Å². The maximum atomic E-state index is 4.23. The number of hydrogen-bond donors (Lipinski definition) is 1. The van der Waals surface area contributed by atoms with Gasteiger partial charge in [0, 0.05) is 25.0 Å². The molecule has 1 aromatic carbocycles. The van der Waals surface area contributed by atoms with Crippen LogP contribution in [0.2, 0.25) is 0 Å². The molecule has 1 aliphatic carbocycles. The Hall–Kier alpha value is -1.68. The third-order valence-corrected chi connectivity index (χ3v) is 4.33. The van der Waals surface area contributed by atoms with E-state index in [1.165, 1.54) is 24.0 Å². The van der Waals surface area contributed by atoms with Gasteiger partial charge in [-0.2, -0.15) is 0 Å². The van der Waals surface area contributed by atoms with Gasteiger partial charge in [0.15, 0.2) is 0 Å². The number of aromatic nitrogens is 3. The molecule has 4 nitrogen and oxygen atoms in total. The molecule has 1 atom stereocenters. The van der Waals surface area contributed by atoms with Crippen LogP contribution in [0.15, 0.2) is 30.6 Å². The lowest BCUT2D eigenvalue weighted by Crippen LogP contribution is -2.36. The fraction of sp³-hybridized carbons (Fsp3) is 0.529. The first kappa shape index (κ1) is 14.3. The van der Waals surface area contributed by atoms with Crippen LogP contribution in [0.5, 0.6) is 0 Å². The van der Waals surface area contributed by atoms with Crippen LogP contribution in [-0.4, -0.2) is 27.4 Å². The van der Waals surface area contributed by atoms with Crippen molar-refractivity contribution in [1.82, 2.24) is 20.1 Å². The number of nitrogens with one attached hydrogen (secondary N) is 1. The van der Waals surface area contributed by atoms with E-state index in [9.17, 15) is 0 Å². The van der Waals surface area contributed by atoms with Crippen LogP contribution >= 0.6 is 0 Å². The summed E-state index contributed by atoms with van der Waals surface area (Å²) in [6.45, 7) is 5.30. The lowest BCUT2D eigenvalue weighted by Gasteiger charge is -2.25. The third kappa shape index (κ3) is 3.32. The molecule has 1 aromatic heterocycles. The van der Waals surface area contributed by atoms with E-state index in [4.69, 9.17) is 0 Å². The van der Waals surface area contributed by atoms with Crippen molar-refractivity contribution < 1.29 is 0 Å². The average molecular weight is 284 g/mol. The number of rotatable bonds is 5. The van der Waals surface area contributed by atoms with Gasteiger partial charge in [0.05, 0.1) is 0 Å². The van der Waals surface area contributed by atoms with Gasteiger partial charge >= 0.3 is 0 Å². The molecule has 1 N–H and O–H groups in total. The third-order valence-electron chi connectivity index (χ3n) is 4.33. The van der Waals surface area contributed by atoms with Crippen molar-refractivity contribution in [2.45, 2.75) is 51.6 Å². The van der Waals surface area contributed by atoms with Gasteiger partial charge in [0.25, 0.3) is 0 Å². The zero-order valence-electron chi connectivity index (χ0n) is 12.9. The van der Waals surface area contributed by atoms with Crippen molar-refractivity contribution in [1.29, 1.82) is 0 Å². The van der Waals surface area contributed by atoms with Crippen molar-refractivity contribution >= 4 is 0 Å². The van der Waals surface area contributed by atoms with Crippen LogP contribution in [0.25, 0.3) is 0 Å². The SMILES string of the molecule is CC(C)n1cnnc1CCNC1CCc2ccccc2C1. The standard InChI is InChI=1S/C17H24N4/c1-13(2)21-12-19-20-17(21)9-10-18-16-8-7-14-5-3-4-6-15(14)11-16/h3-6,12-13,16,18H,7-11H2,1-2H3. The van der Waals surface area contributed by atoms with Crippen molar-refractivity contribution in [3.63, 3.8) is 0 Å². The molecule has 21 heavy (non-hydrogen) atoms. The lowest BCUT2D eigenvalue weighted by molar-refractivity contribution is 0.454. The summed E-state index contributed by atoms with van der Waals surface area (Å²) in [6.07, 6.45) is 6.34. The molecule has 0 saturated carbocycles. The summed E-state index contributed by atoms with van der Waals surface area (Å²) in [5, 5.41) is 11.9. The van der Waals surface area contributed by atoms with Crippen LogP contribution in [-0.2, 0) is 19.3 Å². The van der Waals surface area contributed by atoms with Gasteiger partial charge in [0.1, 0.15) is 12.2 Å². The molecular weight excluding hydrogens is 260 g/mol. The molecule has 0 spiro atoms. The van der Waals surface area contributed by atoms with Crippen LogP contribution < -0.4 is 5.32 Å². The van der Waals surface area contributed by atoms with Gasteiger partial charge in [-0.1, -0.05) is 24.3 Å². The van der Waals surface area contributed by atoms with Crippen LogP contribution in [0.4, 0.5) is 0 Å². The largest absolute Gasteiger partial charge is 0.315 e. The molecule has 0 bridgehead atoms. The highest BCUT2D eigenvalue weighted by Crippen LogP contribution is 2.20. The molecule has 1 aliphatic rings. The minimum atomic E-state index is 0.427. The molecule has 0 aliphatic heterocycles. The fourth-order valence-corrected chi connectivity index (χ4v) is 3.14. The van der Waals surface area contributed by atoms with Crippen molar-refractivity contribution in [2.75, 3.05) is 6.54 Å². The molecule has 1 heterocycles. The summed E-state index contributed by atoms with van der Waals surface area (Å²) in [5.74, 6) is 1.08. The predicted molar refractivity (Wildman–Crippen MR) is 84.4 cm³/mol. The van der Waals surface area contributed by atoms with Crippen LogP contribution in [0.1, 0.15) is 43.3 Å². The van der Waals surface area contributed by atoms with Gasteiger partial charge in [-0.15, -0.1) is 10.2 Å². The minimum absolute atomic E-state index is 0.427. The summed E-state index contributed by atoms with van der Waals surface area (Å²) < 4.78 is 2.15. The van der Waals surface area contributed by atoms with Crippen molar-refractivity contribution in [3.05, 3.63) is 47.5 Å². The van der Waals surface area contributed by atoms with E-state index >= 15 is 0 Å². The van der Waals surface area contributed by atoms with Crippen molar-refractivity contribution in [2.24, 2.45) is 0 Å². The first-order chi connectivity index (χ1) is 10.2. The van der Waals surface area contributed by atoms with E-state index in [0.29, 0.717) is 12.1 Å². The Morgan fingerprint density at radius 1 is 1.29 bits per heavy atom. The lowest BCUT2D eigenvalue weighted by atomic mass is 9.88. The Morgan fingerprint density at radius 3 is 2.90 bits per heavy atom. The van der Waals surface area contributed by atoms with E-state index < -0.39 is 0 Å². The summed E-state index contributed by atoms with van der Waals surface area (Å²) in [5.41, 5.74) is 3.03. The highest BCUT2D eigenvalue weighted by atomic mass is 15.3. The van der Waals surface area contributed by atoms with Gasteiger partial charge in [0.2, 0.25) is 0 Å². The summed E-state index contributed by atoms with van der Waals surface area (Å²) in [6, 6.07) is 9.83. The second-order valence-electron chi connectivity index (χ2n) is 6.16. The maximum Gasteiger partial charge on any atom is 0.134 e. The Kier molecular flexibility index (Phi) is 4.34. The van der Waals surface area contributed by atoms with E-state index in [1.807, 2.05) is 6.33 Å². The van der Waals surface area contributed by atoms with E-state index in [0.717, 1.165) is 25.2 Å². The molecule has 2 aromatic rings. The summed E-state index contributed by atoms with van der Waals surface area (Å²) in [4.78, 5) is 0. The molecular formula is C17H24N4. The van der Waals surface area contributed by atoms with E-state index in [1.54, 1.807) is 0 Å². The zero-order valence-corrected chi connectivity index (χ0v) is 12.9. The Morgan fingerprint density at radius 2 is 2.10 bits per heavy atom. The molecule has 0 saturated heterocycles. The molecule has 0 amide bonds. The summed E-state index contributed by atoms with van der Waals surface area (Å²) >= 11 is 0. The molecule has 1 unspecified atom stereocenters. The first-order valence-corrected chi connectivity index (χ1v) is 7.92. The number of nitrogens with zero attached hydrogens (tertiary/aromatic N) is 3. The smallest absolute Gasteiger partial charge is 0.134 e. The summed E-state index contributed by atoms with van der Waals surface area (Å²) in [7, 11) is 0. The van der Waals surface area contributed by atoms with Crippen LogP contribution in [0, 0.1) is 0 Å².